The van der Waals surface area contributed by atoms with Gasteiger partial charge in [0.1, 0.15) is 34.5 Å². The lowest BCUT2D eigenvalue weighted by molar-refractivity contribution is 0.473. The van der Waals surface area contributed by atoms with Gasteiger partial charge in [-0.1, -0.05) is 21.1 Å². The number of nitrogens with one attached hydrogen (secondary N) is 3. The van der Waals surface area contributed by atoms with E-state index in [1.165, 1.54) is 14.7 Å². The summed E-state index contributed by atoms with van der Waals surface area (Å²) in [6.07, 6.45) is 13.0. The first-order valence-electron chi connectivity index (χ1n) is 20.5. The topological polar surface area (TPSA) is 125 Å². The summed E-state index contributed by atoms with van der Waals surface area (Å²) in [4.78, 5) is 5.26. The maximum Gasteiger partial charge on any atom is 0.132 e. The van der Waals surface area contributed by atoms with Gasteiger partial charge in [-0.15, -0.1) is 40.4 Å². The molecule has 3 N–H and O–H groups in total. The molecule has 6 aromatic carbocycles. The fourth-order valence-corrected chi connectivity index (χ4v) is 7.87. The summed E-state index contributed by atoms with van der Waals surface area (Å²) in [7, 11) is 5.76. The Morgan fingerprint density at radius 2 is 0.892 bits per heavy atom. The van der Waals surface area contributed by atoms with Crippen LogP contribution in [-0.2, 0) is 19.6 Å². The first kappa shape index (κ1) is 48.9. The molecule has 0 spiro atoms. The van der Waals surface area contributed by atoms with Crippen LogP contribution in [0, 0.1) is 0 Å². The highest BCUT2D eigenvalue weighted by Crippen LogP contribution is 2.32. The number of thioether (sulfide) groups is 3. The van der Waals surface area contributed by atoms with Crippen molar-refractivity contribution in [2.24, 2.45) is 0 Å². The second-order valence-corrected chi connectivity index (χ2v) is 17.5. The van der Waals surface area contributed by atoms with Crippen LogP contribution in [0.5, 0.6) is 34.5 Å². The molecule has 0 atom stereocenters. The zero-order valence-corrected chi connectivity index (χ0v) is 41.1. The van der Waals surface area contributed by atoms with E-state index in [9.17, 15) is 0 Å². The smallest absolute Gasteiger partial charge is 0.132 e. The molecule has 8 aromatic rings. The van der Waals surface area contributed by atoms with Crippen molar-refractivity contribution in [3.8, 4) is 45.9 Å². The van der Waals surface area contributed by atoms with Gasteiger partial charge in [-0.05, 0) is 167 Å². The van der Waals surface area contributed by atoms with Crippen molar-refractivity contribution in [1.29, 1.82) is 0 Å². The van der Waals surface area contributed by atoms with Crippen molar-refractivity contribution in [2.45, 2.75) is 34.3 Å². The van der Waals surface area contributed by atoms with Gasteiger partial charge in [0.15, 0.2) is 0 Å². The van der Waals surface area contributed by atoms with Gasteiger partial charge < -0.3 is 30.2 Å². The van der Waals surface area contributed by atoms with Crippen molar-refractivity contribution < 1.29 is 14.2 Å². The highest BCUT2D eigenvalue weighted by molar-refractivity contribution is 9.10. The number of rotatable bonds is 17. The maximum absolute atomic E-state index is 6.04. The van der Waals surface area contributed by atoms with E-state index in [2.05, 4.69) is 120 Å². The number of aromatic nitrogens is 6. The van der Waals surface area contributed by atoms with E-state index in [4.69, 9.17) is 14.2 Å². The van der Waals surface area contributed by atoms with Gasteiger partial charge in [-0.3, -0.25) is 0 Å². The van der Waals surface area contributed by atoms with Crippen LogP contribution in [0.25, 0.3) is 11.4 Å². The fraction of sp³-hybridized carbons (Fsp3) is 0.184. The summed E-state index contributed by atoms with van der Waals surface area (Å²) < 4.78 is 20.8. The first-order chi connectivity index (χ1) is 31.8. The van der Waals surface area contributed by atoms with Crippen molar-refractivity contribution in [3.05, 3.63) is 173 Å². The summed E-state index contributed by atoms with van der Waals surface area (Å²) in [5.41, 5.74) is 5.11. The van der Waals surface area contributed by atoms with E-state index in [0.29, 0.717) is 13.1 Å². The Labute approximate surface area is 402 Å². The van der Waals surface area contributed by atoms with Crippen LogP contribution in [-0.4, -0.2) is 69.9 Å². The van der Waals surface area contributed by atoms with Crippen LogP contribution >= 0.6 is 51.2 Å². The molecule has 0 unspecified atom stereocenters. The summed E-state index contributed by atoms with van der Waals surface area (Å²) in [5, 5.41) is 25.7. The van der Waals surface area contributed by atoms with Gasteiger partial charge in [0.25, 0.3) is 0 Å². The monoisotopic (exact) mass is 989 g/mol. The van der Waals surface area contributed by atoms with E-state index in [-0.39, 0.29) is 0 Å². The molecule has 0 aliphatic rings. The second-order valence-electron chi connectivity index (χ2n) is 13.9. The molecule has 12 nitrogen and oxygen atoms in total. The molecule has 336 valence electrons. The Bertz CT molecular complexity index is 2500. The highest BCUT2D eigenvalue weighted by atomic mass is 79.9. The number of hydrogen-bond donors (Lipinski definition) is 3. The van der Waals surface area contributed by atoms with Gasteiger partial charge in [0, 0.05) is 55.5 Å². The first-order valence-corrected chi connectivity index (χ1v) is 25.0. The quantitative estimate of drug-likeness (QED) is 0.0750. The predicted octanol–water partition coefficient (Wildman–Crippen LogP) is 11.7. The molecule has 2 aromatic heterocycles. The Kier molecular flexibility index (Phi) is 19.4. The van der Waals surface area contributed by atoms with E-state index in [1.807, 2.05) is 106 Å². The van der Waals surface area contributed by atoms with Crippen LogP contribution in [0.15, 0.2) is 171 Å². The molecule has 2 heterocycles. The van der Waals surface area contributed by atoms with Crippen LogP contribution in [0.4, 0.5) is 0 Å². The fourth-order valence-electron chi connectivity index (χ4n) is 6.24. The Morgan fingerprint density at radius 3 is 1.29 bits per heavy atom. The molecule has 0 amide bonds. The van der Waals surface area contributed by atoms with Crippen molar-refractivity contribution in [3.63, 3.8) is 0 Å². The molecule has 16 heteroatoms. The molecule has 0 bridgehead atoms. The lowest BCUT2D eigenvalue weighted by atomic mass is 10.1. The van der Waals surface area contributed by atoms with E-state index in [1.54, 1.807) is 63.4 Å². The third-order valence-electron chi connectivity index (χ3n) is 9.41. The maximum atomic E-state index is 6.04. The highest BCUT2D eigenvalue weighted by Gasteiger charge is 2.11. The van der Waals surface area contributed by atoms with Crippen molar-refractivity contribution >= 4 is 51.2 Å². The second kappa shape index (κ2) is 25.8. The third-order valence-corrected chi connectivity index (χ3v) is 12.1. The van der Waals surface area contributed by atoms with Crippen molar-refractivity contribution in [2.75, 3.05) is 39.9 Å². The molecule has 0 aliphatic carbocycles. The number of ether oxygens (including phenoxy) is 3. The summed E-state index contributed by atoms with van der Waals surface area (Å²) in [5.74, 6) is 5.05. The van der Waals surface area contributed by atoms with E-state index < -0.39 is 0 Å². The molecule has 0 radical (unpaired) electrons. The number of nitrogens with zero attached hydrogens (tertiary/aromatic N) is 6. The zero-order chi connectivity index (χ0) is 45.8. The number of benzene rings is 6. The van der Waals surface area contributed by atoms with E-state index in [0.717, 1.165) is 73.6 Å². The minimum atomic E-state index is 0.702. The SMILES string of the molecule is CNCc1cc(-n2ccnn2)ccc1Oc1ccc(SC)cc1.CNCc1cc(-n2nccn2)ccc1Oc1ccc(SC)cc1.CNCc1cc(Br)ccc1Oc1ccc(SC)cc1. The summed E-state index contributed by atoms with van der Waals surface area (Å²) in [6.45, 7) is 2.19. The number of halogens is 1. The summed E-state index contributed by atoms with van der Waals surface area (Å²) >= 11 is 8.64. The van der Waals surface area contributed by atoms with Crippen LogP contribution in [0.1, 0.15) is 16.7 Å². The molecule has 0 saturated heterocycles. The molecule has 8 rings (SSSR count). The van der Waals surface area contributed by atoms with Gasteiger partial charge in [0.05, 0.1) is 36.2 Å². The normalized spacial score (nSPS) is 10.6. The molecular formula is C49H52BrN9O3S3. The predicted molar refractivity (Wildman–Crippen MR) is 270 cm³/mol. The molecule has 65 heavy (non-hydrogen) atoms. The van der Waals surface area contributed by atoms with Crippen molar-refractivity contribution in [1.82, 2.24) is 45.9 Å². The lowest BCUT2D eigenvalue weighted by Gasteiger charge is -2.13. The average Bonchev–Trinajstić information content (AvgIpc) is 4.09. The lowest BCUT2D eigenvalue weighted by Crippen LogP contribution is -2.08. The Hall–Kier alpha value is -5.59. The van der Waals surface area contributed by atoms with Gasteiger partial charge in [-0.25, -0.2) is 4.68 Å². The molecular weight excluding hydrogens is 939 g/mol. The molecule has 0 saturated carbocycles. The van der Waals surface area contributed by atoms with Crippen LogP contribution in [0.3, 0.4) is 0 Å². The van der Waals surface area contributed by atoms with Crippen LogP contribution in [0.2, 0.25) is 0 Å². The Morgan fingerprint density at radius 1 is 0.492 bits per heavy atom. The third kappa shape index (κ3) is 14.7. The van der Waals surface area contributed by atoms with Gasteiger partial charge in [0.2, 0.25) is 0 Å². The minimum Gasteiger partial charge on any atom is -0.457 e. The largest absolute Gasteiger partial charge is 0.457 e. The standard InChI is InChI=1S/2C17H18N4OS.C15H16BrNOS/c1-18-12-13-11-14(21-10-9-19-20-21)3-8-17(13)22-15-4-6-16(23-2)7-5-15;1-18-12-13-11-14(21-19-9-10-20-21)3-8-17(13)22-15-4-6-16(23-2)7-5-15;1-17-10-11-9-12(16)3-8-15(11)18-13-4-6-14(19-2)7-5-13/h2*3-11,18H,12H2,1-2H3;3-9,17H,10H2,1-2H3. The van der Waals surface area contributed by atoms with Gasteiger partial charge in [-0.2, -0.15) is 15.0 Å². The van der Waals surface area contributed by atoms with E-state index >= 15 is 0 Å². The number of hydrogen-bond acceptors (Lipinski definition) is 13. The van der Waals surface area contributed by atoms with Gasteiger partial charge >= 0.3 is 0 Å². The molecule has 0 aliphatic heterocycles. The Balaban J connectivity index is 0.000000163. The molecule has 0 fully saturated rings. The zero-order valence-electron chi connectivity index (χ0n) is 37.1. The minimum absolute atomic E-state index is 0.702. The van der Waals surface area contributed by atoms with Crippen LogP contribution < -0.4 is 30.2 Å². The average molecular weight is 991 g/mol. The summed E-state index contributed by atoms with van der Waals surface area (Å²) in [6, 6.07) is 42.3.